The first kappa shape index (κ1) is 14.8. The van der Waals surface area contributed by atoms with Gasteiger partial charge in [-0.1, -0.05) is 0 Å². The molecule has 0 saturated heterocycles. The molecule has 0 saturated carbocycles. The van der Waals surface area contributed by atoms with Crippen LogP contribution >= 0.6 is 0 Å². The summed E-state index contributed by atoms with van der Waals surface area (Å²) >= 11 is 0. The van der Waals surface area contributed by atoms with E-state index in [4.69, 9.17) is 15.2 Å². The van der Waals surface area contributed by atoms with E-state index in [1.807, 2.05) is 6.92 Å². The molecular formula is C12H18F2N2O2. The number of halogens is 2. The summed E-state index contributed by atoms with van der Waals surface area (Å²) in [6.07, 6.45) is 1.27. The third-order valence-corrected chi connectivity index (χ3v) is 2.29. The zero-order chi connectivity index (χ0) is 13.4. The van der Waals surface area contributed by atoms with Gasteiger partial charge < -0.3 is 15.2 Å². The zero-order valence-electron chi connectivity index (χ0n) is 10.3. The van der Waals surface area contributed by atoms with Crippen molar-refractivity contribution in [2.75, 3.05) is 19.8 Å². The van der Waals surface area contributed by atoms with Gasteiger partial charge in [-0.25, -0.2) is 8.78 Å². The standard InChI is InChI=1S/C12H18F2N2O2/c1-2-18-10-5-9(6-16-7-10)11(15)3-4-17-8-12(13)14/h5-7,11-12H,2-4,8,15H2,1H3. The van der Waals surface area contributed by atoms with Crippen LogP contribution in [0.15, 0.2) is 18.5 Å². The van der Waals surface area contributed by atoms with E-state index in [1.165, 1.54) is 0 Å². The van der Waals surface area contributed by atoms with Gasteiger partial charge in [0.15, 0.2) is 0 Å². The summed E-state index contributed by atoms with van der Waals surface area (Å²) < 4.78 is 33.8. The van der Waals surface area contributed by atoms with E-state index in [2.05, 4.69) is 4.98 Å². The van der Waals surface area contributed by atoms with Crippen LogP contribution < -0.4 is 10.5 Å². The summed E-state index contributed by atoms with van der Waals surface area (Å²) in [6, 6.07) is 1.50. The summed E-state index contributed by atoms with van der Waals surface area (Å²) in [5, 5.41) is 0. The maximum atomic E-state index is 11.8. The maximum Gasteiger partial charge on any atom is 0.261 e. The molecule has 0 aliphatic carbocycles. The van der Waals surface area contributed by atoms with Crippen molar-refractivity contribution >= 4 is 0 Å². The van der Waals surface area contributed by atoms with E-state index in [-0.39, 0.29) is 12.6 Å². The second-order valence-electron chi connectivity index (χ2n) is 3.75. The SMILES string of the molecule is CCOc1cncc(C(N)CCOCC(F)F)c1. The zero-order valence-corrected chi connectivity index (χ0v) is 10.3. The maximum absolute atomic E-state index is 11.8. The van der Waals surface area contributed by atoms with Crippen LogP contribution in [0.3, 0.4) is 0 Å². The van der Waals surface area contributed by atoms with Crippen LogP contribution in [0.2, 0.25) is 0 Å². The van der Waals surface area contributed by atoms with Crippen LogP contribution in [0.1, 0.15) is 24.9 Å². The van der Waals surface area contributed by atoms with Gasteiger partial charge in [0.05, 0.1) is 12.8 Å². The van der Waals surface area contributed by atoms with Gasteiger partial charge in [-0.05, 0) is 25.0 Å². The number of nitrogens with zero attached hydrogens (tertiary/aromatic N) is 1. The lowest BCUT2D eigenvalue weighted by Crippen LogP contribution is -2.15. The number of aromatic nitrogens is 1. The molecule has 1 atom stereocenters. The first-order valence-corrected chi connectivity index (χ1v) is 5.82. The van der Waals surface area contributed by atoms with Crippen LogP contribution in [0.5, 0.6) is 5.75 Å². The molecular weight excluding hydrogens is 242 g/mol. The smallest absolute Gasteiger partial charge is 0.261 e. The molecule has 2 N–H and O–H groups in total. The second-order valence-corrected chi connectivity index (χ2v) is 3.75. The topological polar surface area (TPSA) is 57.4 Å². The molecule has 0 spiro atoms. The molecule has 1 heterocycles. The summed E-state index contributed by atoms with van der Waals surface area (Å²) in [6.45, 7) is 2.08. The summed E-state index contributed by atoms with van der Waals surface area (Å²) in [5.41, 5.74) is 6.72. The lowest BCUT2D eigenvalue weighted by atomic mass is 10.1. The van der Waals surface area contributed by atoms with E-state index >= 15 is 0 Å². The Balaban J connectivity index is 2.40. The fourth-order valence-corrected chi connectivity index (χ4v) is 1.43. The summed E-state index contributed by atoms with van der Waals surface area (Å²) in [5.74, 6) is 0.652. The van der Waals surface area contributed by atoms with Crippen LogP contribution in [0.25, 0.3) is 0 Å². The van der Waals surface area contributed by atoms with Crippen molar-refractivity contribution in [3.63, 3.8) is 0 Å². The lowest BCUT2D eigenvalue weighted by Gasteiger charge is -2.13. The predicted octanol–water partition coefficient (Wildman–Crippen LogP) is 2.15. The van der Waals surface area contributed by atoms with E-state index in [1.54, 1.807) is 18.5 Å². The fourth-order valence-electron chi connectivity index (χ4n) is 1.43. The number of pyridine rings is 1. The van der Waals surface area contributed by atoms with Crippen molar-refractivity contribution in [1.29, 1.82) is 0 Å². The Bertz CT molecular complexity index is 351. The Labute approximate surface area is 105 Å². The van der Waals surface area contributed by atoms with E-state index in [0.717, 1.165) is 5.56 Å². The molecule has 1 rings (SSSR count). The summed E-state index contributed by atoms with van der Waals surface area (Å²) in [7, 11) is 0. The Hall–Kier alpha value is -1.27. The number of nitrogens with two attached hydrogens (primary N) is 1. The lowest BCUT2D eigenvalue weighted by molar-refractivity contribution is 0.0152. The van der Waals surface area contributed by atoms with Crippen molar-refractivity contribution < 1.29 is 18.3 Å². The third-order valence-electron chi connectivity index (χ3n) is 2.29. The Kier molecular flexibility index (Phi) is 6.53. The quantitative estimate of drug-likeness (QED) is 0.728. The average Bonchev–Trinajstić information content (AvgIpc) is 2.35. The van der Waals surface area contributed by atoms with Crippen molar-refractivity contribution in [3.05, 3.63) is 24.0 Å². The van der Waals surface area contributed by atoms with Gasteiger partial charge in [0.2, 0.25) is 0 Å². The molecule has 1 aromatic heterocycles. The van der Waals surface area contributed by atoms with Crippen LogP contribution in [-0.2, 0) is 4.74 Å². The third kappa shape index (κ3) is 5.37. The number of hydrogen-bond acceptors (Lipinski definition) is 4. The van der Waals surface area contributed by atoms with Crippen LogP contribution in [-0.4, -0.2) is 31.2 Å². The molecule has 102 valence electrons. The Morgan fingerprint density at radius 3 is 2.83 bits per heavy atom. The van der Waals surface area contributed by atoms with Gasteiger partial charge in [0, 0.05) is 18.8 Å². The molecule has 1 aromatic rings. The van der Waals surface area contributed by atoms with Gasteiger partial charge in [-0.15, -0.1) is 0 Å². The minimum atomic E-state index is -2.44. The van der Waals surface area contributed by atoms with Crippen molar-refractivity contribution in [2.24, 2.45) is 5.73 Å². The van der Waals surface area contributed by atoms with E-state index in [9.17, 15) is 8.78 Å². The van der Waals surface area contributed by atoms with Crippen molar-refractivity contribution in [3.8, 4) is 5.75 Å². The molecule has 18 heavy (non-hydrogen) atoms. The highest BCUT2D eigenvalue weighted by Crippen LogP contribution is 2.18. The molecule has 0 fully saturated rings. The Morgan fingerprint density at radius 1 is 1.39 bits per heavy atom. The highest BCUT2D eigenvalue weighted by atomic mass is 19.3. The normalized spacial score (nSPS) is 12.7. The van der Waals surface area contributed by atoms with Crippen molar-refractivity contribution in [1.82, 2.24) is 4.98 Å². The molecule has 0 aliphatic rings. The molecule has 0 aliphatic heterocycles. The van der Waals surface area contributed by atoms with E-state index in [0.29, 0.717) is 18.8 Å². The minimum Gasteiger partial charge on any atom is -0.492 e. The molecule has 0 bridgehead atoms. The molecule has 6 heteroatoms. The van der Waals surface area contributed by atoms with E-state index < -0.39 is 13.0 Å². The van der Waals surface area contributed by atoms with Gasteiger partial charge in [-0.2, -0.15) is 0 Å². The van der Waals surface area contributed by atoms with Gasteiger partial charge in [-0.3, -0.25) is 4.98 Å². The van der Waals surface area contributed by atoms with Gasteiger partial charge >= 0.3 is 0 Å². The number of rotatable bonds is 8. The first-order valence-electron chi connectivity index (χ1n) is 5.82. The van der Waals surface area contributed by atoms with Crippen molar-refractivity contribution in [2.45, 2.75) is 25.8 Å². The predicted molar refractivity (Wildman–Crippen MR) is 63.8 cm³/mol. The van der Waals surface area contributed by atoms with Gasteiger partial charge in [0.1, 0.15) is 12.4 Å². The largest absolute Gasteiger partial charge is 0.492 e. The molecule has 4 nitrogen and oxygen atoms in total. The summed E-state index contributed by atoms with van der Waals surface area (Å²) in [4.78, 5) is 4.01. The highest BCUT2D eigenvalue weighted by molar-refractivity contribution is 5.25. The average molecular weight is 260 g/mol. The van der Waals surface area contributed by atoms with Crippen LogP contribution in [0.4, 0.5) is 8.78 Å². The molecule has 1 unspecified atom stereocenters. The molecule has 0 amide bonds. The molecule has 0 radical (unpaired) electrons. The van der Waals surface area contributed by atoms with Crippen LogP contribution in [0, 0.1) is 0 Å². The number of hydrogen-bond donors (Lipinski definition) is 1. The highest BCUT2D eigenvalue weighted by Gasteiger charge is 2.09. The first-order chi connectivity index (χ1) is 8.63. The second kappa shape index (κ2) is 7.94. The minimum absolute atomic E-state index is 0.199. The van der Waals surface area contributed by atoms with Gasteiger partial charge in [0.25, 0.3) is 6.43 Å². The number of ether oxygens (including phenoxy) is 2. The number of alkyl halides is 2. The molecule has 0 aromatic carbocycles. The fraction of sp³-hybridized carbons (Fsp3) is 0.583. The monoisotopic (exact) mass is 260 g/mol. The Morgan fingerprint density at radius 2 is 2.17 bits per heavy atom.